The average molecular weight is 248 g/mol. The van der Waals surface area contributed by atoms with Gasteiger partial charge in [0.2, 0.25) is 0 Å². The second-order valence-electron chi connectivity index (χ2n) is 3.87. The van der Waals surface area contributed by atoms with E-state index in [4.69, 9.17) is 10.8 Å². The first-order valence-electron chi connectivity index (χ1n) is 5.20. The molecule has 0 unspecified atom stereocenters. The van der Waals surface area contributed by atoms with E-state index in [2.05, 4.69) is 5.10 Å². The van der Waals surface area contributed by atoms with E-state index in [0.717, 1.165) is 0 Å². The quantitative estimate of drug-likeness (QED) is 0.739. The molecular formula is C11H12N4O3. The van der Waals surface area contributed by atoms with Crippen LogP contribution in [0.4, 0.5) is 5.69 Å². The second-order valence-corrected chi connectivity index (χ2v) is 3.87. The minimum atomic E-state index is -1.12. The molecule has 0 spiro atoms. The molecule has 0 aliphatic carbocycles. The number of aryl methyl sites for hydroxylation is 1. The molecule has 1 aromatic carbocycles. The fourth-order valence-electron chi connectivity index (χ4n) is 1.70. The van der Waals surface area contributed by atoms with Crippen molar-refractivity contribution in [3.63, 3.8) is 0 Å². The first kappa shape index (κ1) is 11.9. The van der Waals surface area contributed by atoms with Crippen molar-refractivity contribution >= 4 is 11.7 Å². The van der Waals surface area contributed by atoms with Crippen LogP contribution in [0.5, 0.6) is 0 Å². The van der Waals surface area contributed by atoms with Gasteiger partial charge in [0.05, 0.1) is 12.1 Å². The normalized spacial score (nSPS) is 10.5. The Morgan fingerprint density at radius 1 is 1.50 bits per heavy atom. The summed E-state index contributed by atoms with van der Waals surface area (Å²) in [5.41, 5.74) is 5.94. The molecule has 0 bridgehead atoms. The lowest BCUT2D eigenvalue weighted by Crippen LogP contribution is -2.24. The largest absolute Gasteiger partial charge is 0.478 e. The molecule has 0 amide bonds. The zero-order chi connectivity index (χ0) is 13.3. The summed E-state index contributed by atoms with van der Waals surface area (Å²) in [5.74, 6) is -1.12. The molecule has 2 rings (SSSR count). The highest BCUT2D eigenvalue weighted by Gasteiger charge is 2.15. The number of nitrogens with two attached hydrogens (primary N) is 1. The van der Waals surface area contributed by atoms with Gasteiger partial charge < -0.3 is 10.8 Å². The van der Waals surface area contributed by atoms with Crippen molar-refractivity contribution in [2.45, 2.75) is 6.54 Å². The molecule has 0 fully saturated rings. The van der Waals surface area contributed by atoms with Crippen molar-refractivity contribution < 1.29 is 9.90 Å². The summed E-state index contributed by atoms with van der Waals surface area (Å²) in [4.78, 5) is 22.8. The first-order chi connectivity index (χ1) is 8.50. The summed E-state index contributed by atoms with van der Waals surface area (Å²) in [6, 6.07) is 4.76. The molecule has 0 saturated heterocycles. The molecular weight excluding hydrogens is 236 g/mol. The third-order valence-corrected chi connectivity index (χ3v) is 2.60. The molecule has 1 heterocycles. The first-order valence-corrected chi connectivity index (χ1v) is 5.20. The highest BCUT2D eigenvalue weighted by molar-refractivity contribution is 5.95. The lowest BCUT2D eigenvalue weighted by atomic mass is 10.1. The van der Waals surface area contributed by atoms with Crippen molar-refractivity contribution in [3.8, 4) is 0 Å². The number of nitrogen functional groups attached to an aromatic ring is 1. The maximum Gasteiger partial charge on any atom is 0.345 e. The Morgan fingerprint density at radius 3 is 2.78 bits per heavy atom. The van der Waals surface area contributed by atoms with E-state index in [0.29, 0.717) is 5.56 Å². The Balaban J connectivity index is 2.47. The number of anilines is 1. The number of carbonyl (C=O) groups is 1. The minimum absolute atomic E-state index is 0.00931. The summed E-state index contributed by atoms with van der Waals surface area (Å²) >= 11 is 0. The zero-order valence-electron chi connectivity index (χ0n) is 9.70. The average Bonchev–Trinajstić information content (AvgIpc) is 2.60. The number of benzene rings is 1. The van der Waals surface area contributed by atoms with Gasteiger partial charge in [-0.3, -0.25) is 4.57 Å². The van der Waals surface area contributed by atoms with E-state index in [1.54, 1.807) is 19.2 Å². The fraction of sp³-hybridized carbons (Fsp3) is 0.182. The number of aromatic carboxylic acids is 1. The van der Waals surface area contributed by atoms with Gasteiger partial charge in [0.15, 0.2) is 0 Å². The van der Waals surface area contributed by atoms with Gasteiger partial charge in [-0.15, -0.1) is 0 Å². The predicted octanol–water partition coefficient (Wildman–Crippen LogP) is -0.0895. The van der Waals surface area contributed by atoms with Crippen LogP contribution in [0.3, 0.4) is 0 Å². The fourth-order valence-corrected chi connectivity index (χ4v) is 1.70. The van der Waals surface area contributed by atoms with Crippen LogP contribution in [0.1, 0.15) is 15.9 Å². The number of hydrogen-bond donors (Lipinski definition) is 2. The summed E-state index contributed by atoms with van der Waals surface area (Å²) in [5, 5.41) is 13.0. The van der Waals surface area contributed by atoms with E-state index in [1.807, 2.05) is 0 Å². The summed E-state index contributed by atoms with van der Waals surface area (Å²) in [6.45, 7) is 0.0757. The molecule has 2 aromatic rings. The highest BCUT2D eigenvalue weighted by Crippen LogP contribution is 2.17. The van der Waals surface area contributed by atoms with E-state index in [-0.39, 0.29) is 23.5 Å². The Labute approximate surface area is 102 Å². The van der Waals surface area contributed by atoms with Crippen molar-refractivity contribution in [3.05, 3.63) is 46.1 Å². The number of hydrogen-bond acceptors (Lipinski definition) is 4. The van der Waals surface area contributed by atoms with Gasteiger partial charge >= 0.3 is 11.7 Å². The van der Waals surface area contributed by atoms with Crippen molar-refractivity contribution in [1.82, 2.24) is 14.3 Å². The van der Waals surface area contributed by atoms with Gasteiger partial charge in [0, 0.05) is 12.7 Å². The molecule has 0 saturated carbocycles. The maximum absolute atomic E-state index is 11.6. The molecule has 94 valence electrons. The van der Waals surface area contributed by atoms with Gasteiger partial charge in [0.1, 0.15) is 6.33 Å². The van der Waals surface area contributed by atoms with Crippen LogP contribution in [-0.2, 0) is 13.6 Å². The van der Waals surface area contributed by atoms with E-state index < -0.39 is 5.97 Å². The SMILES string of the molecule is Cn1cnn(Cc2cccc(N)c2C(=O)O)c1=O. The van der Waals surface area contributed by atoms with Gasteiger partial charge in [-0.2, -0.15) is 5.10 Å². The highest BCUT2D eigenvalue weighted by atomic mass is 16.4. The maximum atomic E-state index is 11.6. The predicted molar refractivity (Wildman–Crippen MR) is 64.4 cm³/mol. The van der Waals surface area contributed by atoms with Gasteiger partial charge in [0.25, 0.3) is 0 Å². The second kappa shape index (κ2) is 4.36. The van der Waals surface area contributed by atoms with Crippen LogP contribution in [0, 0.1) is 0 Å². The third kappa shape index (κ3) is 1.97. The molecule has 0 radical (unpaired) electrons. The molecule has 0 atom stereocenters. The van der Waals surface area contributed by atoms with Crippen LogP contribution in [0.2, 0.25) is 0 Å². The Hall–Kier alpha value is -2.57. The standard InChI is InChI=1S/C11H12N4O3/c1-14-6-13-15(11(14)18)5-7-3-2-4-8(12)9(7)10(16)17/h2-4,6H,5,12H2,1H3,(H,16,17). The lowest BCUT2D eigenvalue weighted by molar-refractivity contribution is 0.0696. The van der Waals surface area contributed by atoms with E-state index in [9.17, 15) is 9.59 Å². The smallest absolute Gasteiger partial charge is 0.345 e. The third-order valence-electron chi connectivity index (χ3n) is 2.60. The number of rotatable bonds is 3. The van der Waals surface area contributed by atoms with Crippen molar-refractivity contribution in [2.24, 2.45) is 7.05 Å². The molecule has 18 heavy (non-hydrogen) atoms. The number of carboxylic acids is 1. The number of nitrogens with zero attached hydrogens (tertiary/aromatic N) is 3. The minimum Gasteiger partial charge on any atom is -0.478 e. The van der Waals surface area contributed by atoms with Crippen molar-refractivity contribution in [1.29, 1.82) is 0 Å². The number of carboxylic acid groups (broad SMARTS) is 1. The summed E-state index contributed by atoms with van der Waals surface area (Å²) in [7, 11) is 1.57. The van der Waals surface area contributed by atoms with Crippen LogP contribution in [-0.4, -0.2) is 25.4 Å². The lowest BCUT2D eigenvalue weighted by Gasteiger charge is -2.07. The van der Waals surface area contributed by atoms with Crippen LogP contribution in [0.25, 0.3) is 0 Å². The Bertz CT molecular complexity index is 657. The Morgan fingerprint density at radius 2 is 2.22 bits per heavy atom. The molecule has 7 heteroatoms. The molecule has 3 N–H and O–H groups in total. The molecule has 0 aliphatic heterocycles. The molecule has 7 nitrogen and oxygen atoms in total. The van der Waals surface area contributed by atoms with E-state index in [1.165, 1.54) is 21.6 Å². The van der Waals surface area contributed by atoms with Crippen LogP contribution in [0.15, 0.2) is 29.3 Å². The van der Waals surface area contributed by atoms with Crippen LogP contribution >= 0.6 is 0 Å². The van der Waals surface area contributed by atoms with Gasteiger partial charge in [-0.1, -0.05) is 12.1 Å². The molecule has 0 aliphatic rings. The zero-order valence-corrected chi connectivity index (χ0v) is 9.70. The van der Waals surface area contributed by atoms with Gasteiger partial charge in [-0.05, 0) is 11.6 Å². The van der Waals surface area contributed by atoms with E-state index >= 15 is 0 Å². The molecule has 1 aromatic heterocycles. The summed E-state index contributed by atoms with van der Waals surface area (Å²) < 4.78 is 2.49. The monoisotopic (exact) mass is 248 g/mol. The van der Waals surface area contributed by atoms with Crippen molar-refractivity contribution in [2.75, 3.05) is 5.73 Å². The summed E-state index contributed by atoms with van der Waals surface area (Å²) in [6.07, 6.45) is 1.37. The van der Waals surface area contributed by atoms with Gasteiger partial charge in [-0.25, -0.2) is 14.3 Å². The Kier molecular flexibility index (Phi) is 2.88. The van der Waals surface area contributed by atoms with Crippen LogP contribution < -0.4 is 11.4 Å². The number of aromatic nitrogens is 3. The topological polar surface area (TPSA) is 103 Å².